The van der Waals surface area contributed by atoms with E-state index in [9.17, 15) is 0 Å². The smallest absolute Gasteiger partial charge is 0.0374 e. The van der Waals surface area contributed by atoms with Crippen LogP contribution in [0, 0.1) is 13.8 Å². The van der Waals surface area contributed by atoms with Gasteiger partial charge in [-0.15, -0.1) is 0 Å². The molecule has 0 aliphatic carbocycles. The summed E-state index contributed by atoms with van der Waals surface area (Å²) in [6.07, 6.45) is 10.7. The Kier molecular flexibility index (Phi) is 8.41. The number of anilines is 1. The minimum absolute atomic E-state index is 0.647. The molecule has 1 aromatic carbocycles. The second kappa shape index (κ2) is 9.85. The molecular weight excluding hydrogens is 242 g/mol. The van der Waals surface area contributed by atoms with Crippen molar-refractivity contribution in [3.05, 3.63) is 29.3 Å². The topological polar surface area (TPSA) is 12.0 Å². The van der Waals surface area contributed by atoms with Gasteiger partial charge in [0.25, 0.3) is 0 Å². The molecule has 1 nitrogen and oxygen atoms in total. The number of rotatable bonds is 10. The first-order valence-electron chi connectivity index (χ1n) is 8.51. The van der Waals surface area contributed by atoms with E-state index in [2.05, 4.69) is 51.2 Å². The van der Waals surface area contributed by atoms with Crippen LogP contribution >= 0.6 is 0 Å². The van der Waals surface area contributed by atoms with Crippen molar-refractivity contribution in [2.45, 2.75) is 85.1 Å². The van der Waals surface area contributed by atoms with Crippen molar-refractivity contribution < 1.29 is 0 Å². The predicted molar refractivity (Wildman–Crippen MR) is 91.6 cm³/mol. The van der Waals surface area contributed by atoms with Gasteiger partial charge in [0.05, 0.1) is 0 Å². The minimum atomic E-state index is 0.647. The number of aryl methyl sites for hydroxylation is 1. The predicted octanol–water partition coefficient (Wildman–Crippen LogP) is 6.24. The van der Waals surface area contributed by atoms with Crippen LogP contribution in [0.4, 0.5) is 5.69 Å². The highest BCUT2D eigenvalue weighted by atomic mass is 14.9. The van der Waals surface area contributed by atoms with E-state index in [1.54, 1.807) is 0 Å². The highest BCUT2D eigenvalue weighted by Crippen LogP contribution is 2.22. The fourth-order valence-corrected chi connectivity index (χ4v) is 2.70. The maximum absolute atomic E-state index is 3.81. The van der Waals surface area contributed by atoms with Gasteiger partial charge in [0.2, 0.25) is 0 Å². The molecule has 1 rings (SSSR count). The molecular formula is C19H33N. The Balaban J connectivity index is 2.59. The Morgan fingerprint density at radius 2 is 1.50 bits per heavy atom. The van der Waals surface area contributed by atoms with Crippen LogP contribution in [0.1, 0.15) is 76.3 Å². The first-order chi connectivity index (χ1) is 9.69. The Labute approximate surface area is 126 Å². The minimum Gasteiger partial charge on any atom is -0.382 e. The van der Waals surface area contributed by atoms with Crippen LogP contribution in [-0.2, 0) is 0 Å². The van der Waals surface area contributed by atoms with Crippen molar-refractivity contribution in [2.75, 3.05) is 5.32 Å². The summed E-state index contributed by atoms with van der Waals surface area (Å²) in [7, 11) is 0. The van der Waals surface area contributed by atoms with Crippen molar-refractivity contribution in [2.24, 2.45) is 0 Å². The molecule has 0 atom stereocenters. The lowest BCUT2D eigenvalue weighted by Crippen LogP contribution is -2.20. The highest BCUT2D eigenvalue weighted by molar-refractivity contribution is 5.54. The van der Waals surface area contributed by atoms with Gasteiger partial charge in [0, 0.05) is 11.7 Å². The second-order valence-corrected chi connectivity index (χ2v) is 6.08. The van der Waals surface area contributed by atoms with Crippen molar-refractivity contribution in [1.29, 1.82) is 0 Å². The van der Waals surface area contributed by atoms with Crippen LogP contribution in [0.5, 0.6) is 0 Å². The number of unbranched alkanes of at least 4 members (excludes halogenated alkanes) is 4. The summed E-state index contributed by atoms with van der Waals surface area (Å²) in [6, 6.07) is 7.24. The Bertz CT molecular complexity index is 360. The van der Waals surface area contributed by atoms with Crippen LogP contribution < -0.4 is 5.32 Å². The molecule has 1 aromatic rings. The van der Waals surface area contributed by atoms with Crippen LogP contribution in [-0.4, -0.2) is 6.04 Å². The van der Waals surface area contributed by atoms with Crippen molar-refractivity contribution in [1.82, 2.24) is 0 Å². The third-order valence-electron chi connectivity index (χ3n) is 4.28. The van der Waals surface area contributed by atoms with Gasteiger partial charge in [0.15, 0.2) is 0 Å². The highest BCUT2D eigenvalue weighted by Gasteiger charge is 2.10. The summed E-state index contributed by atoms with van der Waals surface area (Å²) >= 11 is 0. The van der Waals surface area contributed by atoms with E-state index >= 15 is 0 Å². The van der Waals surface area contributed by atoms with Gasteiger partial charge in [-0.05, 0) is 43.9 Å². The van der Waals surface area contributed by atoms with Crippen LogP contribution in [0.3, 0.4) is 0 Å². The average molecular weight is 275 g/mol. The average Bonchev–Trinajstić information content (AvgIpc) is 2.44. The van der Waals surface area contributed by atoms with E-state index in [-0.39, 0.29) is 0 Å². The molecule has 0 spiro atoms. The van der Waals surface area contributed by atoms with Crippen LogP contribution in [0.25, 0.3) is 0 Å². The molecule has 0 fully saturated rings. The van der Waals surface area contributed by atoms with Gasteiger partial charge in [0.1, 0.15) is 0 Å². The van der Waals surface area contributed by atoms with Crippen molar-refractivity contribution in [3.8, 4) is 0 Å². The van der Waals surface area contributed by atoms with Gasteiger partial charge >= 0.3 is 0 Å². The van der Waals surface area contributed by atoms with Crippen LogP contribution in [0.2, 0.25) is 0 Å². The largest absolute Gasteiger partial charge is 0.382 e. The SMILES string of the molecule is CCCCCC(CCCCC)Nc1cccc(C)c1C. The Morgan fingerprint density at radius 3 is 2.05 bits per heavy atom. The second-order valence-electron chi connectivity index (χ2n) is 6.08. The van der Waals surface area contributed by atoms with Gasteiger partial charge < -0.3 is 5.32 Å². The molecule has 0 bridgehead atoms. The molecule has 0 aliphatic rings. The maximum atomic E-state index is 3.81. The molecule has 114 valence electrons. The molecule has 0 saturated carbocycles. The number of benzene rings is 1. The molecule has 0 amide bonds. The quantitative estimate of drug-likeness (QED) is 0.498. The summed E-state index contributed by atoms with van der Waals surface area (Å²) in [5.41, 5.74) is 4.13. The number of hydrogen-bond donors (Lipinski definition) is 1. The first kappa shape index (κ1) is 17.1. The number of nitrogens with one attached hydrogen (secondary N) is 1. The zero-order chi connectivity index (χ0) is 14.8. The molecule has 0 aliphatic heterocycles. The van der Waals surface area contributed by atoms with Crippen LogP contribution in [0.15, 0.2) is 18.2 Å². The molecule has 0 radical (unpaired) electrons. The summed E-state index contributed by atoms with van der Waals surface area (Å²) in [4.78, 5) is 0. The third kappa shape index (κ3) is 5.98. The van der Waals surface area contributed by atoms with Gasteiger partial charge in [-0.25, -0.2) is 0 Å². The Hall–Kier alpha value is -0.980. The molecule has 0 saturated heterocycles. The molecule has 0 heterocycles. The molecule has 20 heavy (non-hydrogen) atoms. The summed E-state index contributed by atoms with van der Waals surface area (Å²) in [5, 5.41) is 3.81. The fourth-order valence-electron chi connectivity index (χ4n) is 2.70. The van der Waals surface area contributed by atoms with Crippen molar-refractivity contribution in [3.63, 3.8) is 0 Å². The first-order valence-corrected chi connectivity index (χ1v) is 8.51. The lowest BCUT2D eigenvalue weighted by atomic mass is 10.0. The third-order valence-corrected chi connectivity index (χ3v) is 4.28. The zero-order valence-electron chi connectivity index (χ0n) is 14.0. The van der Waals surface area contributed by atoms with Crippen molar-refractivity contribution >= 4 is 5.69 Å². The molecule has 1 heteroatoms. The van der Waals surface area contributed by atoms with E-state index in [1.165, 1.54) is 68.2 Å². The number of hydrogen-bond acceptors (Lipinski definition) is 1. The lowest BCUT2D eigenvalue weighted by Gasteiger charge is -2.22. The lowest BCUT2D eigenvalue weighted by molar-refractivity contribution is 0.526. The van der Waals surface area contributed by atoms with E-state index in [0.717, 1.165) is 0 Å². The summed E-state index contributed by atoms with van der Waals surface area (Å²) < 4.78 is 0. The zero-order valence-corrected chi connectivity index (χ0v) is 14.0. The van der Waals surface area contributed by atoms with Gasteiger partial charge in [-0.1, -0.05) is 64.5 Å². The van der Waals surface area contributed by atoms with E-state index in [0.29, 0.717) is 6.04 Å². The summed E-state index contributed by atoms with van der Waals surface area (Å²) in [5.74, 6) is 0. The fraction of sp³-hybridized carbons (Fsp3) is 0.684. The normalized spacial score (nSPS) is 11.1. The van der Waals surface area contributed by atoms with Gasteiger partial charge in [-0.2, -0.15) is 0 Å². The monoisotopic (exact) mass is 275 g/mol. The molecule has 0 unspecified atom stereocenters. The summed E-state index contributed by atoms with van der Waals surface area (Å²) in [6.45, 7) is 8.99. The van der Waals surface area contributed by atoms with Gasteiger partial charge in [-0.3, -0.25) is 0 Å². The Morgan fingerprint density at radius 1 is 0.900 bits per heavy atom. The van der Waals surface area contributed by atoms with E-state index in [1.807, 2.05) is 0 Å². The van der Waals surface area contributed by atoms with E-state index in [4.69, 9.17) is 0 Å². The van der Waals surface area contributed by atoms with E-state index < -0.39 is 0 Å². The molecule has 0 aromatic heterocycles. The standard InChI is InChI=1S/C19H33N/c1-5-7-9-13-18(14-10-8-6-2)20-19-15-11-12-16(3)17(19)4/h11-12,15,18,20H,5-10,13-14H2,1-4H3. The maximum Gasteiger partial charge on any atom is 0.0374 e. The molecule has 1 N–H and O–H groups in total.